The van der Waals surface area contributed by atoms with Crippen molar-refractivity contribution in [2.24, 2.45) is 0 Å². The molecule has 0 unspecified atom stereocenters. The first-order valence-electron chi connectivity index (χ1n) is 5.16. The molecule has 1 heterocycles. The van der Waals surface area contributed by atoms with Gasteiger partial charge in [0.2, 0.25) is 0 Å². The Hall–Kier alpha value is -2.30. The summed E-state index contributed by atoms with van der Waals surface area (Å²) in [5.74, 6) is 0.612. The summed E-state index contributed by atoms with van der Waals surface area (Å²) in [7, 11) is 0. The Morgan fingerprint density at radius 3 is 2.76 bits per heavy atom. The highest BCUT2D eigenvalue weighted by atomic mass is 16.5. The zero-order valence-electron chi connectivity index (χ0n) is 9.65. The van der Waals surface area contributed by atoms with E-state index < -0.39 is 0 Å². The molecule has 0 aliphatic carbocycles. The van der Waals surface area contributed by atoms with Crippen molar-refractivity contribution in [3.8, 4) is 11.6 Å². The first-order valence-corrected chi connectivity index (χ1v) is 5.16. The van der Waals surface area contributed by atoms with Gasteiger partial charge in [0.05, 0.1) is 0 Å². The maximum absolute atomic E-state index is 11.4. The summed E-state index contributed by atoms with van der Waals surface area (Å²) in [6.07, 6.45) is 2.92. The fourth-order valence-electron chi connectivity index (χ4n) is 1.44. The molecule has 5 nitrogen and oxygen atoms in total. The third-order valence-electron chi connectivity index (χ3n) is 2.45. The van der Waals surface area contributed by atoms with Crippen LogP contribution in [0.15, 0.2) is 29.3 Å². The molecule has 0 radical (unpaired) electrons. The van der Waals surface area contributed by atoms with Gasteiger partial charge in [-0.1, -0.05) is 0 Å². The minimum atomic E-state index is -0.360. The van der Waals surface area contributed by atoms with Crippen molar-refractivity contribution in [1.82, 2.24) is 9.97 Å². The van der Waals surface area contributed by atoms with Crippen molar-refractivity contribution in [1.29, 1.82) is 0 Å². The largest absolute Gasteiger partial charge is 0.434 e. The normalized spacial score (nSPS) is 10.2. The van der Waals surface area contributed by atoms with E-state index in [-0.39, 0.29) is 11.4 Å². The lowest BCUT2D eigenvalue weighted by atomic mass is 10.1. The van der Waals surface area contributed by atoms with Crippen LogP contribution in [-0.4, -0.2) is 9.97 Å². The van der Waals surface area contributed by atoms with Gasteiger partial charge < -0.3 is 15.5 Å². The molecule has 0 atom stereocenters. The molecule has 0 bridgehead atoms. The summed E-state index contributed by atoms with van der Waals surface area (Å²) in [5.41, 5.74) is 7.87. The van der Waals surface area contributed by atoms with Gasteiger partial charge in [-0.2, -0.15) is 0 Å². The number of nitrogen functional groups attached to an aromatic ring is 1. The van der Waals surface area contributed by atoms with Gasteiger partial charge in [0.15, 0.2) is 0 Å². The van der Waals surface area contributed by atoms with E-state index in [0.29, 0.717) is 11.4 Å². The number of hydrogen-bond donors (Lipinski definition) is 2. The molecule has 0 saturated heterocycles. The number of anilines is 1. The molecule has 3 N–H and O–H groups in total. The van der Waals surface area contributed by atoms with E-state index >= 15 is 0 Å². The minimum Gasteiger partial charge on any atom is -0.434 e. The van der Waals surface area contributed by atoms with Crippen LogP contribution in [0.5, 0.6) is 11.6 Å². The molecular weight excluding hydrogens is 218 g/mol. The van der Waals surface area contributed by atoms with E-state index in [1.807, 2.05) is 19.9 Å². The molecule has 0 aliphatic heterocycles. The molecule has 1 aromatic carbocycles. The molecule has 5 heteroatoms. The highest BCUT2D eigenvalue weighted by Crippen LogP contribution is 2.26. The zero-order valence-corrected chi connectivity index (χ0v) is 9.65. The number of ether oxygens (including phenoxy) is 1. The van der Waals surface area contributed by atoms with E-state index in [0.717, 1.165) is 11.1 Å². The topological polar surface area (TPSA) is 81.0 Å². The maximum atomic E-state index is 11.4. The quantitative estimate of drug-likeness (QED) is 0.772. The number of aryl methyl sites for hydroxylation is 2. The van der Waals surface area contributed by atoms with Gasteiger partial charge in [-0.15, -0.1) is 0 Å². The van der Waals surface area contributed by atoms with Gasteiger partial charge in [0, 0.05) is 18.1 Å². The van der Waals surface area contributed by atoms with Gasteiger partial charge in [0.1, 0.15) is 5.75 Å². The number of aromatic amines is 1. The summed E-state index contributed by atoms with van der Waals surface area (Å²) < 4.78 is 5.47. The van der Waals surface area contributed by atoms with Crippen molar-refractivity contribution in [2.45, 2.75) is 13.8 Å². The first kappa shape index (κ1) is 11.2. The second-order valence-corrected chi connectivity index (χ2v) is 3.80. The van der Waals surface area contributed by atoms with E-state index in [9.17, 15) is 4.79 Å². The highest BCUT2D eigenvalue weighted by Gasteiger charge is 2.07. The average molecular weight is 231 g/mol. The number of benzene rings is 1. The smallest absolute Gasteiger partial charge is 0.311 e. The molecule has 17 heavy (non-hydrogen) atoms. The molecule has 0 saturated carbocycles. The summed E-state index contributed by atoms with van der Waals surface area (Å²) >= 11 is 0. The van der Waals surface area contributed by atoms with Gasteiger partial charge >= 0.3 is 5.56 Å². The lowest BCUT2D eigenvalue weighted by Crippen LogP contribution is -2.09. The number of nitrogens with zero attached hydrogens (tertiary/aromatic N) is 1. The molecule has 2 rings (SSSR count). The third-order valence-corrected chi connectivity index (χ3v) is 2.45. The highest BCUT2D eigenvalue weighted by molar-refractivity contribution is 5.54. The van der Waals surface area contributed by atoms with Crippen LogP contribution in [0.4, 0.5) is 5.69 Å². The maximum Gasteiger partial charge on any atom is 0.311 e. The van der Waals surface area contributed by atoms with Gasteiger partial charge in [-0.05, 0) is 37.1 Å². The number of nitrogens with two attached hydrogens (primary N) is 1. The van der Waals surface area contributed by atoms with Crippen LogP contribution in [0.2, 0.25) is 0 Å². The van der Waals surface area contributed by atoms with E-state index in [1.54, 1.807) is 6.07 Å². The SMILES string of the molecule is Cc1cc(Oc2ncc[nH]c2=O)c(C)cc1N. The van der Waals surface area contributed by atoms with Crippen LogP contribution in [0.1, 0.15) is 11.1 Å². The minimum absolute atomic E-state index is 0.0276. The van der Waals surface area contributed by atoms with Crippen LogP contribution in [0, 0.1) is 13.8 Å². The van der Waals surface area contributed by atoms with Crippen molar-refractivity contribution in [3.63, 3.8) is 0 Å². The molecule has 2 aromatic rings. The molecule has 0 spiro atoms. The van der Waals surface area contributed by atoms with Crippen LogP contribution in [0.3, 0.4) is 0 Å². The van der Waals surface area contributed by atoms with E-state index in [4.69, 9.17) is 10.5 Å². The van der Waals surface area contributed by atoms with Crippen LogP contribution in [0.25, 0.3) is 0 Å². The van der Waals surface area contributed by atoms with E-state index in [2.05, 4.69) is 9.97 Å². The lowest BCUT2D eigenvalue weighted by molar-refractivity contribution is 0.450. The van der Waals surface area contributed by atoms with Crippen molar-refractivity contribution < 1.29 is 4.74 Å². The van der Waals surface area contributed by atoms with Crippen LogP contribution in [-0.2, 0) is 0 Å². The monoisotopic (exact) mass is 231 g/mol. The summed E-state index contributed by atoms with van der Waals surface area (Å²) in [6.45, 7) is 3.74. The predicted molar refractivity (Wildman–Crippen MR) is 65.3 cm³/mol. The zero-order chi connectivity index (χ0) is 12.4. The summed E-state index contributed by atoms with van der Waals surface area (Å²) in [5, 5.41) is 0. The second-order valence-electron chi connectivity index (χ2n) is 3.80. The van der Waals surface area contributed by atoms with Crippen molar-refractivity contribution in [3.05, 3.63) is 46.0 Å². The van der Waals surface area contributed by atoms with Crippen molar-refractivity contribution >= 4 is 5.69 Å². The second kappa shape index (κ2) is 4.29. The van der Waals surface area contributed by atoms with Crippen molar-refractivity contribution in [2.75, 3.05) is 5.73 Å². The van der Waals surface area contributed by atoms with Crippen LogP contribution < -0.4 is 16.0 Å². The standard InChI is InChI=1S/C12H13N3O2/c1-7-6-10(8(2)5-9(7)13)17-12-11(16)14-3-4-15-12/h3-6H,13H2,1-2H3,(H,14,16). The molecule has 88 valence electrons. The molecule has 1 aromatic heterocycles. The number of aromatic nitrogens is 2. The Morgan fingerprint density at radius 1 is 1.29 bits per heavy atom. The molecule has 0 aliphatic rings. The number of hydrogen-bond acceptors (Lipinski definition) is 4. The predicted octanol–water partition coefficient (Wildman–Crippen LogP) is 1.76. The Balaban J connectivity index is 2.40. The third kappa shape index (κ3) is 2.28. The van der Waals surface area contributed by atoms with Gasteiger partial charge in [-0.25, -0.2) is 4.98 Å². The Kier molecular flexibility index (Phi) is 2.82. The number of nitrogens with one attached hydrogen (secondary N) is 1. The molecular formula is C12H13N3O2. The van der Waals surface area contributed by atoms with Gasteiger partial charge in [-0.3, -0.25) is 4.79 Å². The van der Waals surface area contributed by atoms with E-state index in [1.165, 1.54) is 12.4 Å². The molecule has 0 amide bonds. The lowest BCUT2D eigenvalue weighted by Gasteiger charge is -2.09. The van der Waals surface area contributed by atoms with Gasteiger partial charge in [0.25, 0.3) is 5.88 Å². The Morgan fingerprint density at radius 2 is 2.06 bits per heavy atom. The van der Waals surface area contributed by atoms with Crippen LogP contribution >= 0.6 is 0 Å². The fourth-order valence-corrected chi connectivity index (χ4v) is 1.44. The Labute approximate surface area is 98.3 Å². The molecule has 0 fully saturated rings. The summed E-state index contributed by atoms with van der Waals surface area (Å²) in [6, 6.07) is 3.60. The fraction of sp³-hybridized carbons (Fsp3) is 0.167. The first-order chi connectivity index (χ1) is 8.08. The average Bonchev–Trinajstić information content (AvgIpc) is 2.29. The number of rotatable bonds is 2. The number of H-pyrrole nitrogens is 1. The summed E-state index contributed by atoms with van der Waals surface area (Å²) in [4.78, 5) is 17.8. The Bertz CT molecular complexity index is 605.